The first-order valence-electron chi connectivity index (χ1n) is 16.2. The molecule has 262 valence electrons. The summed E-state index contributed by atoms with van der Waals surface area (Å²) in [7, 11) is 0. The molecule has 0 heterocycles. The molecule has 10 nitrogen and oxygen atoms in total. The number of rotatable bonds is 9. The van der Waals surface area contributed by atoms with Gasteiger partial charge in [-0.25, -0.2) is 19.2 Å². The number of benzene rings is 6. The minimum absolute atomic E-state index is 0.0425. The molecule has 0 fully saturated rings. The second kappa shape index (κ2) is 17.1. The second-order valence-electron chi connectivity index (χ2n) is 11.4. The molecule has 52 heavy (non-hydrogen) atoms. The van der Waals surface area contributed by atoms with Crippen LogP contribution in [-0.4, -0.2) is 40.2 Å². The quantitative estimate of drug-likeness (QED) is 0.111. The summed E-state index contributed by atoms with van der Waals surface area (Å²) < 4.78 is 21.4. The zero-order valence-corrected chi connectivity index (χ0v) is 28.2. The number of fused-ring (bicyclic) bond motifs is 1. The van der Waals surface area contributed by atoms with Gasteiger partial charge in [-0.05, 0) is 109 Å². The highest BCUT2D eigenvalue weighted by Gasteiger charge is 2.20. The van der Waals surface area contributed by atoms with Crippen LogP contribution in [0.2, 0.25) is 0 Å². The van der Waals surface area contributed by atoms with Gasteiger partial charge >= 0.3 is 23.9 Å². The first-order chi connectivity index (χ1) is 25.1. The maximum atomic E-state index is 12.7. The van der Waals surface area contributed by atoms with Crippen LogP contribution < -0.4 is 14.2 Å². The van der Waals surface area contributed by atoms with Gasteiger partial charge in [0.15, 0.2) is 0 Å². The molecule has 0 aliphatic heterocycles. The van der Waals surface area contributed by atoms with E-state index in [0.29, 0.717) is 12.2 Å². The lowest BCUT2D eigenvalue weighted by Gasteiger charge is -2.13. The fourth-order valence-corrected chi connectivity index (χ4v) is 4.68. The third-order valence-corrected chi connectivity index (χ3v) is 7.64. The molecule has 0 bridgehead atoms. The van der Waals surface area contributed by atoms with E-state index in [9.17, 15) is 29.4 Å². The Morgan fingerprint density at radius 3 is 1.50 bits per heavy atom. The highest BCUT2D eigenvalue weighted by atomic mass is 16.6. The summed E-state index contributed by atoms with van der Waals surface area (Å²) in [6.45, 7) is 3.71. The average Bonchev–Trinajstić information content (AvgIpc) is 3.15. The third kappa shape index (κ3) is 9.60. The van der Waals surface area contributed by atoms with Gasteiger partial charge in [0.25, 0.3) is 0 Å². The number of hydrogen-bond donors (Lipinski definition) is 2. The van der Waals surface area contributed by atoms with E-state index in [1.54, 1.807) is 49.4 Å². The standard InChI is InChI=1S/C24H16O5.C18H18O5/c25-19-12-9-17(10-13-19)23(26)29-22-8-4-3-7-21(22)24(27)28-20-14-11-16-5-1-2-6-18(16)15-20;1-3-12(2)22-18(21)15-6-4-5-7-16(15)23-17(20)13-8-10-14(19)11-9-13/h1-15,25H;4-12,19H,3H2,1-2H3. The Hall–Kier alpha value is -6.94. The first kappa shape index (κ1) is 36.3. The van der Waals surface area contributed by atoms with Crippen molar-refractivity contribution in [2.45, 2.75) is 26.4 Å². The maximum absolute atomic E-state index is 12.7. The molecule has 2 N–H and O–H groups in total. The molecule has 1 atom stereocenters. The predicted octanol–water partition coefficient (Wildman–Crippen LogP) is 8.55. The Kier molecular flexibility index (Phi) is 12.0. The van der Waals surface area contributed by atoms with Crippen LogP contribution in [0, 0.1) is 0 Å². The van der Waals surface area contributed by atoms with Gasteiger partial charge < -0.3 is 29.2 Å². The van der Waals surface area contributed by atoms with Crippen molar-refractivity contribution in [1.82, 2.24) is 0 Å². The highest BCUT2D eigenvalue weighted by Crippen LogP contribution is 2.26. The first-order valence-corrected chi connectivity index (χ1v) is 16.2. The van der Waals surface area contributed by atoms with Crippen molar-refractivity contribution in [2.75, 3.05) is 0 Å². The van der Waals surface area contributed by atoms with Crippen molar-refractivity contribution in [3.63, 3.8) is 0 Å². The maximum Gasteiger partial charge on any atom is 0.347 e. The highest BCUT2D eigenvalue weighted by molar-refractivity contribution is 5.98. The second-order valence-corrected chi connectivity index (χ2v) is 11.4. The Morgan fingerprint density at radius 1 is 0.519 bits per heavy atom. The molecule has 0 radical (unpaired) electrons. The van der Waals surface area contributed by atoms with E-state index in [1.165, 1.54) is 66.7 Å². The van der Waals surface area contributed by atoms with E-state index in [1.807, 2.05) is 37.3 Å². The molecule has 0 spiro atoms. The minimum Gasteiger partial charge on any atom is -0.508 e. The molecule has 0 amide bonds. The van der Waals surface area contributed by atoms with E-state index in [-0.39, 0.29) is 51.4 Å². The van der Waals surface area contributed by atoms with Crippen LogP contribution in [0.25, 0.3) is 10.8 Å². The molecule has 0 saturated heterocycles. The van der Waals surface area contributed by atoms with Crippen molar-refractivity contribution < 1.29 is 48.3 Å². The predicted molar refractivity (Wildman–Crippen MR) is 193 cm³/mol. The summed E-state index contributed by atoms with van der Waals surface area (Å²) in [5.41, 5.74) is 0.848. The van der Waals surface area contributed by atoms with Gasteiger partial charge in [-0.3, -0.25) is 0 Å². The molecule has 6 aromatic rings. The number of ether oxygens (including phenoxy) is 4. The smallest absolute Gasteiger partial charge is 0.347 e. The van der Waals surface area contributed by atoms with Gasteiger partial charge in [0.1, 0.15) is 39.9 Å². The molecule has 0 saturated carbocycles. The SMILES string of the molecule is CCC(C)OC(=O)c1ccccc1OC(=O)c1ccc(O)cc1.O=C(Oc1ccccc1C(=O)Oc1ccc2ccccc2c1)c1ccc(O)cc1. The summed E-state index contributed by atoms with van der Waals surface area (Å²) in [4.78, 5) is 49.3. The van der Waals surface area contributed by atoms with Crippen LogP contribution in [0.1, 0.15) is 61.7 Å². The van der Waals surface area contributed by atoms with Crippen molar-refractivity contribution >= 4 is 34.6 Å². The Labute approximate surface area is 299 Å². The van der Waals surface area contributed by atoms with Crippen molar-refractivity contribution in [3.8, 4) is 28.7 Å². The molecule has 6 rings (SSSR count). The summed E-state index contributed by atoms with van der Waals surface area (Å²) >= 11 is 0. The lowest BCUT2D eigenvalue weighted by atomic mass is 10.1. The Balaban J connectivity index is 0.000000207. The lowest BCUT2D eigenvalue weighted by molar-refractivity contribution is 0.0330. The van der Waals surface area contributed by atoms with Crippen LogP contribution in [0.15, 0.2) is 140 Å². The van der Waals surface area contributed by atoms with Crippen LogP contribution in [0.5, 0.6) is 28.7 Å². The van der Waals surface area contributed by atoms with Crippen molar-refractivity contribution in [3.05, 3.63) is 162 Å². The van der Waals surface area contributed by atoms with Crippen LogP contribution in [-0.2, 0) is 4.74 Å². The summed E-state index contributed by atoms with van der Waals surface area (Å²) in [5, 5.41) is 20.6. The number of phenols is 2. The Bertz CT molecular complexity index is 2190. The monoisotopic (exact) mass is 698 g/mol. The topological polar surface area (TPSA) is 146 Å². The number of aromatic hydroxyl groups is 2. The third-order valence-electron chi connectivity index (χ3n) is 7.64. The van der Waals surface area contributed by atoms with E-state index in [2.05, 4.69) is 0 Å². The van der Waals surface area contributed by atoms with Crippen molar-refractivity contribution in [1.29, 1.82) is 0 Å². The molecular weight excluding hydrogens is 664 g/mol. The van der Waals surface area contributed by atoms with E-state index in [0.717, 1.165) is 10.8 Å². The number of carbonyl (C=O) groups is 4. The summed E-state index contributed by atoms with van der Waals surface area (Å²) in [5.74, 6) is -1.70. The lowest BCUT2D eigenvalue weighted by Crippen LogP contribution is -2.16. The van der Waals surface area contributed by atoms with E-state index in [4.69, 9.17) is 18.9 Å². The summed E-state index contributed by atoms with van der Waals surface area (Å²) in [6.07, 6.45) is 0.477. The Morgan fingerprint density at radius 2 is 0.981 bits per heavy atom. The number of hydrogen-bond acceptors (Lipinski definition) is 10. The molecular formula is C42H34O10. The molecule has 10 heteroatoms. The molecule has 6 aromatic carbocycles. The van der Waals surface area contributed by atoms with E-state index < -0.39 is 23.9 Å². The fourth-order valence-electron chi connectivity index (χ4n) is 4.68. The van der Waals surface area contributed by atoms with E-state index >= 15 is 0 Å². The van der Waals surface area contributed by atoms with Crippen molar-refractivity contribution in [2.24, 2.45) is 0 Å². The molecule has 0 aromatic heterocycles. The van der Waals surface area contributed by atoms with Gasteiger partial charge in [0, 0.05) is 0 Å². The molecule has 0 aliphatic rings. The normalized spacial score (nSPS) is 11.0. The van der Waals surface area contributed by atoms with Gasteiger partial charge in [-0.1, -0.05) is 61.5 Å². The van der Waals surface area contributed by atoms with Gasteiger partial charge in [0.2, 0.25) is 0 Å². The largest absolute Gasteiger partial charge is 0.508 e. The molecule has 0 aliphatic carbocycles. The van der Waals surface area contributed by atoms with Gasteiger partial charge in [-0.2, -0.15) is 0 Å². The minimum atomic E-state index is -0.643. The number of para-hydroxylation sites is 2. The molecule has 1 unspecified atom stereocenters. The zero-order chi connectivity index (χ0) is 37.0. The number of phenolic OH excluding ortho intramolecular Hbond substituents is 2. The fraction of sp³-hybridized carbons (Fsp3) is 0.0952. The zero-order valence-electron chi connectivity index (χ0n) is 28.2. The van der Waals surface area contributed by atoms with Crippen LogP contribution in [0.4, 0.5) is 0 Å². The number of esters is 4. The van der Waals surface area contributed by atoms with Crippen LogP contribution in [0.3, 0.4) is 0 Å². The average molecular weight is 699 g/mol. The van der Waals surface area contributed by atoms with Crippen LogP contribution >= 0.6 is 0 Å². The summed E-state index contributed by atoms with van der Waals surface area (Å²) in [6, 6.07) is 37.2. The number of carbonyl (C=O) groups excluding carboxylic acids is 4. The van der Waals surface area contributed by atoms with Gasteiger partial charge in [0.05, 0.1) is 17.2 Å². The van der Waals surface area contributed by atoms with Gasteiger partial charge in [-0.15, -0.1) is 0 Å².